The highest BCUT2D eigenvalue weighted by Crippen LogP contribution is 2.56. The summed E-state index contributed by atoms with van der Waals surface area (Å²) in [7, 11) is 0. The maximum atomic E-state index is 2.51. The van der Waals surface area contributed by atoms with E-state index in [-0.39, 0.29) is 10.8 Å². The van der Waals surface area contributed by atoms with E-state index in [1.54, 1.807) is 0 Å². The SMILES string of the molecule is CC1(C)c2ccc(-c3cccc4c3sc3cc5c(cc34)-c3c(ccc4ccccc34)C5(C)C)cc2-c2ccc(-c3c4ccccc4c(-c4cccc5ccccc45)c4ccccc34)cc21. The fraction of sp³-hybridized carbons (Fsp3) is 0.0938. The minimum atomic E-state index is -0.162. The fourth-order valence-corrected chi connectivity index (χ4v) is 13.5. The quantitative estimate of drug-likeness (QED) is 0.155. The predicted molar refractivity (Wildman–Crippen MR) is 281 cm³/mol. The lowest BCUT2D eigenvalue weighted by molar-refractivity contribution is 0.660. The number of hydrogen-bond donors (Lipinski definition) is 0. The summed E-state index contributed by atoms with van der Waals surface area (Å²) in [5, 5.41) is 13.0. The second-order valence-corrected chi connectivity index (χ2v) is 20.6. The van der Waals surface area contributed by atoms with Gasteiger partial charge in [0.15, 0.2) is 0 Å². The zero-order valence-corrected chi connectivity index (χ0v) is 37.7. The minimum Gasteiger partial charge on any atom is -0.135 e. The zero-order chi connectivity index (χ0) is 43.3. The number of rotatable bonds is 3. The van der Waals surface area contributed by atoms with E-state index in [1.165, 1.54) is 141 Å². The molecule has 12 aromatic rings. The van der Waals surface area contributed by atoms with Gasteiger partial charge < -0.3 is 0 Å². The van der Waals surface area contributed by atoms with Crippen molar-refractivity contribution >= 4 is 74.6 Å². The van der Waals surface area contributed by atoms with Crippen LogP contribution in [0.1, 0.15) is 49.9 Å². The summed E-state index contributed by atoms with van der Waals surface area (Å²) in [6.45, 7) is 9.63. The van der Waals surface area contributed by atoms with Crippen molar-refractivity contribution in [2.24, 2.45) is 0 Å². The third-order valence-corrected chi connectivity index (χ3v) is 16.6. The molecule has 0 amide bonds. The Balaban J connectivity index is 0.916. The van der Waals surface area contributed by atoms with Crippen molar-refractivity contribution in [3.63, 3.8) is 0 Å². The predicted octanol–water partition coefficient (Wildman–Crippen LogP) is 18.3. The lowest BCUT2D eigenvalue weighted by Crippen LogP contribution is -2.15. The summed E-state index contributed by atoms with van der Waals surface area (Å²) in [6.07, 6.45) is 0. The van der Waals surface area contributed by atoms with E-state index in [1.807, 2.05) is 11.3 Å². The van der Waals surface area contributed by atoms with E-state index in [9.17, 15) is 0 Å². The summed E-state index contributed by atoms with van der Waals surface area (Å²) >= 11 is 1.95. The molecule has 2 aliphatic rings. The molecule has 0 saturated heterocycles. The van der Waals surface area contributed by atoms with Crippen molar-refractivity contribution in [2.75, 3.05) is 0 Å². The second-order valence-electron chi connectivity index (χ2n) is 19.5. The van der Waals surface area contributed by atoms with Crippen LogP contribution in [0.25, 0.3) is 119 Å². The molecule has 0 radical (unpaired) electrons. The molecule has 2 aliphatic carbocycles. The van der Waals surface area contributed by atoms with Crippen molar-refractivity contribution in [3.8, 4) is 55.6 Å². The molecule has 0 spiro atoms. The van der Waals surface area contributed by atoms with Gasteiger partial charge in [0.2, 0.25) is 0 Å². The maximum absolute atomic E-state index is 2.51. The molecule has 0 aliphatic heterocycles. The van der Waals surface area contributed by atoms with Crippen molar-refractivity contribution in [1.29, 1.82) is 0 Å². The molecule has 0 fully saturated rings. The van der Waals surface area contributed by atoms with Crippen LogP contribution in [0.15, 0.2) is 194 Å². The van der Waals surface area contributed by atoms with Crippen molar-refractivity contribution in [1.82, 2.24) is 0 Å². The zero-order valence-electron chi connectivity index (χ0n) is 36.9. The number of benzene rings is 11. The largest absolute Gasteiger partial charge is 0.135 e. The van der Waals surface area contributed by atoms with Gasteiger partial charge in [-0.15, -0.1) is 11.3 Å². The molecule has 0 saturated carbocycles. The average molecular weight is 845 g/mol. The molecule has 306 valence electrons. The molecule has 0 bridgehead atoms. The molecule has 0 nitrogen and oxygen atoms in total. The molecule has 0 N–H and O–H groups in total. The molecule has 65 heavy (non-hydrogen) atoms. The summed E-state index contributed by atoms with van der Waals surface area (Å²) in [6, 6.07) is 73.7. The second kappa shape index (κ2) is 13.1. The normalized spacial score (nSPS) is 14.4. The van der Waals surface area contributed by atoms with Gasteiger partial charge in [0.25, 0.3) is 0 Å². The van der Waals surface area contributed by atoms with E-state index in [2.05, 4.69) is 222 Å². The Morgan fingerprint density at radius 3 is 1.60 bits per heavy atom. The van der Waals surface area contributed by atoms with Gasteiger partial charge in [0.1, 0.15) is 0 Å². The lowest BCUT2D eigenvalue weighted by atomic mass is 9.80. The molecule has 14 rings (SSSR count). The highest BCUT2D eigenvalue weighted by Gasteiger charge is 2.38. The Morgan fingerprint density at radius 2 is 0.846 bits per heavy atom. The van der Waals surface area contributed by atoms with E-state index in [4.69, 9.17) is 0 Å². The van der Waals surface area contributed by atoms with Gasteiger partial charge in [-0.3, -0.25) is 0 Å². The fourth-order valence-electron chi connectivity index (χ4n) is 12.3. The number of fused-ring (bicyclic) bond motifs is 14. The van der Waals surface area contributed by atoms with E-state index < -0.39 is 0 Å². The Morgan fingerprint density at radius 1 is 0.292 bits per heavy atom. The van der Waals surface area contributed by atoms with Gasteiger partial charge in [0, 0.05) is 31.0 Å². The van der Waals surface area contributed by atoms with Crippen LogP contribution in [0.4, 0.5) is 0 Å². The standard InChI is InChI=1S/C64H44S/c1-63(2)54-31-29-39(43-24-14-26-50-52-35-53-57(36-58(52)65-62(43)50)64(3,4)55-32-28-38-16-6-8-19-42(38)61(53)55)33-51(54)44-30-27-40(34-56(44)63)59-46-20-9-11-22-48(46)60(49-23-12-10-21-47(49)59)45-25-13-17-37-15-5-7-18-41(37)45/h5-36H,1-4H3. The van der Waals surface area contributed by atoms with Crippen LogP contribution in [0, 0.1) is 0 Å². The highest BCUT2D eigenvalue weighted by atomic mass is 32.1. The van der Waals surface area contributed by atoms with E-state index in [0.29, 0.717) is 0 Å². The van der Waals surface area contributed by atoms with Crippen LogP contribution >= 0.6 is 11.3 Å². The summed E-state index contributed by atoms with van der Waals surface area (Å²) < 4.78 is 2.72. The molecule has 0 atom stereocenters. The average Bonchev–Trinajstić information content (AvgIpc) is 3.90. The first kappa shape index (κ1) is 37.1. The molecule has 11 aromatic carbocycles. The van der Waals surface area contributed by atoms with E-state index >= 15 is 0 Å². The summed E-state index contributed by atoms with van der Waals surface area (Å²) in [4.78, 5) is 0. The Hall–Kier alpha value is -7.32. The molecule has 0 unspecified atom stereocenters. The van der Waals surface area contributed by atoms with Crippen molar-refractivity contribution < 1.29 is 0 Å². The first-order valence-corrected chi connectivity index (χ1v) is 23.8. The van der Waals surface area contributed by atoms with Crippen LogP contribution in [0.5, 0.6) is 0 Å². The van der Waals surface area contributed by atoms with Crippen LogP contribution in [0.2, 0.25) is 0 Å². The lowest BCUT2D eigenvalue weighted by Gasteiger charge is -2.23. The maximum Gasteiger partial charge on any atom is 0.0433 e. The van der Waals surface area contributed by atoms with Crippen LogP contribution < -0.4 is 0 Å². The van der Waals surface area contributed by atoms with Gasteiger partial charge in [-0.25, -0.2) is 0 Å². The van der Waals surface area contributed by atoms with Crippen LogP contribution in [-0.4, -0.2) is 0 Å². The van der Waals surface area contributed by atoms with Gasteiger partial charge in [-0.05, 0) is 145 Å². The van der Waals surface area contributed by atoms with Crippen LogP contribution in [-0.2, 0) is 10.8 Å². The summed E-state index contributed by atoms with van der Waals surface area (Å²) in [5.41, 5.74) is 18.6. The molecule has 1 heterocycles. The third kappa shape index (κ3) is 5.02. The first-order valence-electron chi connectivity index (χ1n) is 23.0. The van der Waals surface area contributed by atoms with Gasteiger partial charge in [-0.1, -0.05) is 198 Å². The van der Waals surface area contributed by atoms with Gasteiger partial charge in [0.05, 0.1) is 0 Å². The Bertz CT molecular complexity index is 4000. The van der Waals surface area contributed by atoms with Crippen LogP contribution in [0.3, 0.4) is 0 Å². The van der Waals surface area contributed by atoms with Crippen molar-refractivity contribution in [3.05, 3.63) is 216 Å². The first-order chi connectivity index (χ1) is 31.8. The molecule has 1 aromatic heterocycles. The third-order valence-electron chi connectivity index (χ3n) is 15.4. The molecule has 1 heteroatoms. The van der Waals surface area contributed by atoms with Gasteiger partial charge >= 0.3 is 0 Å². The summed E-state index contributed by atoms with van der Waals surface area (Å²) in [5.74, 6) is 0. The smallest absolute Gasteiger partial charge is 0.0433 e. The van der Waals surface area contributed by atoms with Gasteiger partial charge in [-0.2, -0.15) is 0 Å². The number of thiophene rings is 1. The molecular weight excluding hydrogens is 801 g/mol. The molecular formula is C64H44S. The monoisotopic (exact) mass is 844 g/mol. The highest BCUT2D eigenvalue weighted by molar-refractivity contribution is 7.26. The Labute approximate surface area is 383 Å². The topological polar surface area (TPSA) is 0 Å². The van der Waals surface area contributed by atoms with E-state index in [0.717, 1.165) is 0 Å². The minimum absolute atomic E-state index is 0.0664. The number of hydrogen-bond acceptors (Lipinski definition) is 1. The Kier molecular flexibility index (Phi) is 7.49. The van der Waals surface area contributed by atoms with Crippen molar-refractivity contribution in [2.45, 2.75) is 38.5 Å².